The molecular formula is C28H25ClFN5O4. The van der Waals surface area contributed by atoms with E-state index in [9.17, 15) is 14.0 Å². The van der Waals surface area contributed by atoms with Crippen molar-refractivity contribution in [3.63, 3.8) is 0 Å². The summed E-state index contributed by atoms with van der Waals surface area (Å²) in [4.78, 5) is 34.5. The molecule has 0 atom stereocenters. The summed E-state index contributed by atoms with van der Waals surface area (Å²) in [5, 5.41) is 6.49. The average molecular weight is 550 g/mol. The van der Waals surface area contributed by atoms with Gasteiger partial charge in [0.05, 0.1) is 25.1 Å². The van der Waals surface area contributed by atoms with E-state index in [-0.39, 0.29) is 35.8 Å². The van der Waals surface area contributed by atoms with Crippen molar-refractivity contribution >= 4 is 34.8 Å². The first-order valence-electron chi connectivity index (χ1n) is 12.3. The lowest BCUT2D eigenvalue weighted by Crippen LogP contribution is -2.33. The van der Waals surface area contributed by atoms with Crippen LogP contribution in [-0.2, 0) is 16.1 Å². The molecule has 4 aromatic rings. The largest absolute Gasteiger partial charge is 0.456 e. The zero-order chi connectivity index (χ0) is 27.2. The number of pyridine rings is 1. The normalized spacial score (nSPS) is 13.6. The Morgan fingerprint density at radius 2 is 1.79 bits per heavy atom. The van der Waals surface area contributed by atoms with Crippen molar-refractivity contribution in [3.05, 3.63) is 99.9 Å². The number of hydrogen-bond acceptors (Lipinski definition) is 7. The Balaban J connectivity index is 1.38. The molecule has 1 aliphatic heterocycles. The maximum Gasteiger partial charge on any atom is 0.279 e. The summed E-state index contributed by atoms with van der Waals surface area (Å²) >= 11 is 6.03. The number of nitrogens with one attached hydrogen (secondary N) is 2. The summed E-state index contributed by atoms with van der Waals surface area (Å²) in [5.74, 6) is 0.0905. The van der Waals surface area contributed by atoms with Gasteiger partial charge in [-0.15, -0.1) is 0 Å². The van der Waals surface area contributed by atoms with Crippen LogP contribution in [0.5, 0.6) is 11.5 Å². The lowest BCUT2D eigenvalue weighted by molar-refractivity contribution is -0.122. The molecule has 39 heavy (non-hydrogen) atoms. The van der Waals surface area contributed by atoms with E-state index in [1.807, 2.05) is 12.1 Å². The number of benzene rings is 2. The first-order chi connectivity index (χ1) is 18.9. The molecule has 0 bridgehead atoms. The maximum atomic E-state index is 13.5. The van der Waals surface area contributed by atoms with E-state index in [1.54, 1.807) is 36.4 Å². The molecule has 1 amide bonds. The number of amides is 1. The number of halogens is 2. The molecule has 1 saturated heterocycles. The third-order valence-electron chi connectivity index (χ3n) is 6.18. The second kappa shape index (κ2) is 12.1. The van der Waals surface area contributed by atoms with Gasteiger partial charge in [0, 0.05) is 35.9 Å². The van der Waals surface area contributed by atoms with Gasteiger partial charge < -0.3 is 20.1 Å². The highest BCUT2D eigenvalue weighted by atomic mass is 35.5. The van der Waals surface area contributed by atoms with Crippen LogP contribution in [0.4, 0.5) is 21.7 Å². The fraction of sp³-hybridized carbons (Fsp3) is 0.214. The van der Waals surface area contributed by atoms with E-state index in [2.05, 4.69) is 20.6 Å². The number of anilines is 3. The van der Waals surface area contributed by atoms with Gasteiger partial charge in [-0.25, -0.2) is 9.37 Å². The first-order valence-corrected chi connectivity index (χ1v) is 12.7. The Morgan fingerprint density at radius 3 is 2.51 bits per heavy atom. The monoisotopic (exact) mass is 549 g/mol. The summed E-state index contributed by atoms with van der Waals surface area (Å²) < 4.78 is 25.8. The number of nitrogens with zero attached hydrogens (tertiary/aromatic N) is 3. The summed E-state index contributed by atoms with van der Waals surface area (Å²) in [5.41, 5.74) is 1.15. The fourth-order valence-corrected chi connectivity index (χ4v) is 4.24. The SMILES string of the molecule is O=C(Nc1cnc(Nc2ccc(Oc3cncc(F)c3)cc2)n(Cc2ccc(Cl)cc2)c1=O)C1CCOCC1. The third-order valence-corrected chi connectivity index (χ3v) is 6.43. The zero-order valence-corrected chi connectivity index (χ0v) is 21.5. The molecule has 0 radical (unpaired) electrons. The number of rotatable bonds is 8. The van der Waals surface area contributed by atoms with Gasteiger partial charge in [-0.3, -0.25) is 19.1 Å². The minimum absolute atomic E-state index is 0.0958. The number of carbonyl (C=O) groups excluding carboxylic acids is 1. The van der Waals surface area contributed by atoms with Crippen LogP contribution >= 0.6 is 11.6 Å². The second-order valence-electron chi connectivity index (χ2n) is 8.98. The Morgan fingerprint density at radius 1 is 1.05 bits per heavy atom. The molecule has 1 aliphatic rings. The lowest BCUT2D eigenvalue weighted by Gasteiger charge is -2.21. The molecule has 2 N–H and O–H groups in total. The fourth-order valence-electron chi connectivity index (χ4n) is 4.11. The Bertz CT molecular complexity index is 1510. The molecule has 2 aromatic heterocycles. The molecule has 1 fully saturated rings. The third kappa shape index (κ3) is 6.78. The summed E-state index contributed by atoms with van der Waals surface area (Å²) in [6.07, 6.45) is 5.07. The summed E-state index contributed by atoms with van der Waals surface area (Å²) in [6.45, 7) is 1.23. The van der Waals surface area contributed by atoms with Crippen LogP contribution in [0.15, 0.2) is 78.0 Å². The van der Waals surface area contributed by atoms with Crippen LogP contribution in [0, 0.1) is 11.7 Å². The average Bonchev–Trinajstić information content (AvgIpc) is 2.95. The number of ether oxygens (including phenoxy) is 2. The van der Waals surface area contributed by atoms with Crippen molar-refractivity contribution in [2.24, 2.45) is 5.92 Å². The molecule has 9 nitrogen and oxygen atoms in total. The molecule has 0 unspecified atom stereocenters. The van der Waals surface area contributed by atoms with E-state index >= 15 is 0 Å². The molecule has 0 spiro atoms. The van der Waals surface area contributed by atoms with Crippen molar-refractivity contribution in [1.29, 1.82) is 0 Å². The lowest BCUT2D eigenvalue weighted by atomic mass is 9.99. The van der Waals surface area contributed by atoms with Crippen LogP contribution in [0.1, 0.15) is 18.4 Å². The Kier molecular flexibility index (Phi) is 8.14. The Hall–Kier alpha value is -4.28. The quantitative estimate of drug-likeness (QED) is 0.304. The van der Waals surface area contributed by atoms with Gasteiger partial charge in [0.25, 0.3) is 5.56 Å². The number of aromatic nitrogens is 3. The van der Waals surface area contributed by atoms with E-state index < -0.39 is 11.4 Å². The van der Waals surface area contributed by atoms with Crippen molar-refractivity contribution in [3.8, 4) is 11.5 Å². The minimum Gasteiger partial charge on any atom is -0.456 e. The van der Waals surface area contributed by atoms with Gasteiger partial charge in [0.1, 0.15) is 23.0 Å². The molecule has 200 valence electrons. The highest BCUT2D eigenvalue weighted by molar-refractivity contribution is 6.30. The van der Waals surface area contributed by atoms with Gasteiger partial charge in [-0.2, -0.15) is 0 Å². The van der Waals surface area contributed by atoms with Gasteiger partial charge in [-0.1, -0.05) is 23.7 Å². The smallest absolute Gasteiger partial charge is 0.279 e. The first kappa shape index (κ1) is 26.3. The van der Waals surface area contributed by atoms with E-state index in [4.69, 9.17) is 21.1 Å². The van der Waals surface area contributed by atoms with Crippen molar-refractivity contribution in [2.75, 3.05) is 23.8 Å². The van der Waals surface area contributed by atoms with Gasteiger partial charge in [0.15, 0.2) is 0 Å². The number of hydrogen-bond donors (Lipinski definition) is 2. The zero-order valence-electron chi connectivity index (χ0n) is 20.8. The molecule has 11 heteroatoms. The standard InChI is InChI=1S/C28H25ClFN5O4/c29-20-3-1-18(2-4-20)17-35-27(37)25(34-26(36)19-9-11-38-12-10-19)16-32-28(35)33-22-5-7-23(8-6-22)39-24-13-21(30)14-31-15-24/h1-8,13-16,19H,9-12,17H2,(H,32,33)(H,34,36). The summed E-state index contributed by atoms with van der Waals surface area (Å²) in [6, 6.07) is 15.2. The molecule has 5 rings (SSSR count). The molecule has 0 saturated carbocycles. The molecule has 3 heterocycles. The van der Waals surface area contributed by atoms with Gasteiger partial charge in [0.2, 0.25) is 11.9 Å². The van der Waals surface area contributed by atoms with E-state index in [0.29, 0.717) is 42.5 Å². The van der Waals surface area contributed by atoms with Crippen molar-refractivity contribution in [1.82, 2.24) is 14.5 Å². The number of carbonyl (C=O) groups is 1. The predicted molar refractivity (Wildman–Crippen MR) is 145 cm³/mol. The van der Waals surface area contributed by atoms with Crippen LogP contribution < -0.4 is 20.9 Å². The highest BCUT2D eigenvalue weighted by Gasteiger charge is 2.23. The van der Waals surface area contributed by atoms with Crippen molar-refractivity contribution in [2.45, 2.75) is 19.4 Å². The predicted octanol–water partition coefficient (Wildman–Crippen LogP) is 5.38. The van der Waals surface area contributed by atoms with E-state index in [1.165, 1.54) is 23.0 Å². The van der Waals surface area contributed by atoms with Gasteiger partial charge >= 0.3 is 0 Å². The second-order valence-corrected chi connectivity index (χ2v) is 9.42. The molecular weight excluding hydrogens is 525 g/mol. The molecule has 0 aliphatic carbocycles. The van der Waals surface area contributed by atoms with Gasteiger partial charge in [-0.05, 0) is 54.8 Å². The summed E-state index contributed by atoms with van der Waals surface area (Å²) in [7, 11) is 0. The van der Waals surface area contributed by atoms with Crippen LogP contribution in [0.25, 0.3) is 0 Å². The topological polar surface area (TPSA) is 107 Å². The van der Waals surface area contributed by atoms with E-state index in [0.717, 1.165) is 11.8 Å². The minimum atomic E-state index is -0.497. The Labute approximate surface area is 228 Å². The van der Waals surface area contributed by atoms with Crippen LogP contribution in [0.2, 0.25) is 5.02 Å². The van der Waals surface area contributed by atoms with Crippen LogP contribution in [-0.4, -0.2) is 33.7 Å². The maximum absolute atomic E-state index is 13.5. The van der Waals surface area contributed by atoms with Crippen LogP contribution in [0.3, 0.4) is 0 Å². The molecule has 2 aromatic carbocycles. The van der Waals surface area contributed by atoms with Crippen molar-refractivity contribution < 1.29 is 18.7 Å². The highest BCUT2D eigenvalue weighted by Crippen LogP contribution is 2.25.